The SMILES string of the molecule is CC(C)C(C)C1C(N(C)C)CCCN1C. The number of likely N-dealkylation sites (N-methyl/N-ethyl adjacent to an activating group) is 2. The molecule has 0 aliphatic carbocycles. The molecule has 0 saturated carbocycles. The Balaban J connectivity index is 2.76. The second-order valence-electron chi connectivity index (χ2n) is 5.75. The van der Waals surface area contributed by atoms with Gasteiger partial charge in [0.2, 0.25) is 0 Å². The summed E-state index contributed by atoms with van der Waals surface area (Å²) in [5.74, 6) is 1.56. The maximum atomic E-state index is 2.57. The monoisotopic (exact) mass is 212 g/mol. The Morgan fingerprint density at radius 2 is 1.80 bits per heavy atom. The average molecular weight is 212 g/mol. The minimum Gasteiger partial charge on any atom is -0.305 e. The van der Waals surface area contributed by atoms with Crippen LogP contribution in [0.1, 0.15) is 33.6 Å². The molecule has 90 valence electrons. The van der Waals surface area contributed by atoms with Crippen molar-refractivity contribution in [3.8, 4) is 0 Å². The van der Waals surface area contributed by atoms with E-state index in [1.807, 2.05) is 0 Å². The molecule has 1 rings (SSSR count). The Hall–Kier alpha value is -0.0800. The van der Waals surface area contributed by atoms with Gasteiger partial charge >= 0.3 is 0 Å². The van der Waals surface area contributed by atoms with Crippen LogP contribution in [0.5, 0.6) is 0 Å². The first-order valence-corrected chi connectivity index (χ1v) is 6.31. The van der Waals surface area contributed by atoms with Crippen LogP contribution in [-0.4, -0.2) is 49.6 Å². The zero-order valence-electron chi connectivity index (χ0n) is 11.3. The lowest BCUT2D eigenvalue weighted by Gasteiger charge is -2.46. The van der Waals surface area contributed by atoms with Crippen molar-refractivity contribution >= 4 is 0 Å². The van der Waals surface area contributed by atoms with Crippen LogP contribution >= 0.6 is 0 Å². The van der Waals surface area contributed by atoms with Crippen LogP contribution in [-0.2, 0) is 0 Å². The number of hydrogen-bond acceptors (Lipinski definition) is 2. The van der Waals surface area contributed by atoms with Gasteiger partial charge in [0.15, 0.2) is 0 Å². The van der Waals surface area contributed by atoms with Crippen LogP contribution in [0.3, 0.4) is 0 Å². The maximum Gasteiger partial charge on any atom is 0.0276 e. The minimum atomic E-state index is 0.730. The van der Waals surface area contributed by atoms with E-state index in [2.05, 4.69) is 51.7 Å². The molecule has 1 fully saturated rings. The van der Waals surface area contributed by atoms with Gasteiger partial charge in [-0.2, -0.15) is 0 Å². The van der Waals surface area contributed by atoms with Gasteiger partial charge in [0.25, 0.3) is 0 Å². The maximum absolute atomic E-state index is 2.57. The van der Waals surface area contributed by atoms with Crippen LogP contribution in [0.15, 0.2) is 0 Å². The Kier molecular flexibility index (Phi) is 4.60. The molecule has 3 unspecified atom stereocenters. The molecule has 15 heavy (non-hydrogen) atoms. The van der Waals surface area contributed by atoms with Gasteiger partial charge in [0.05, 0.1) is 0 Å². The Morgan fingerprint density at radius 1 is 1.20 bits per heavy atom. The van der Waals surface area contributed by atoms with E-state index in [-0.39, 0.29) is 0 Å². The topological polar surface area (TPSA) is 6.48 Å². The predicted octanol–water partition coefficient (Wildman–Crippen LogP) is 2.30. The molecule has 3 atom stereocenters. The summed E-state index contributed by atoms with van der Waals surface area (Å²) in [7, 11) is 6.74. The summed E-state index contributed by atoms with van der Waals surface area (Å²) < 4.78 is 0. The van der Waals surface area contributed by atoms with E-state index in [4.69, 9.17) is 0 Å². The summed E-state index contributed by atoms with van der Waals surface area (Å²) in [6.07, 6.45) is 2.71. The van der Waals surface area contributed by atoms with Gasteiger partial charge in [0, 0.05) is 12.1 Å². The van der Waals surface area contributed by atoms with Gasteiger partial charge in [-0.05, 0) is 52.4 Å². The molecule has 0 radical (unpaired) electrons. The molecular formula is C13H28N2. The molecule has 0 N–H and O–H groups in total. The fourth-order valence-corrected chi connectivity index (χ4v) is 2.87. The van der Waals surface area contributed by atoms with E-state index in [0.29, 0.717) is 0 Å². The summed E-state index contributed by atoms with van der Waals surface area (Å²) >= 11 is 0. The molecular weight excluding hydrogens is 184 g/mol. The number of rotatable bonds is 3. The predicted molar refractivity (Wildman–Crippen MR) is 67.1 cm³/mol. The zero-order valence-corrected chi connectivity index (χ0v) is 11.3. The summed E-state index contributed by atoms with van der Waals surface area (Å²) in [6, 6.07) is 1.47. The highest BCUT2D eigenvalue weighted by molar-refractivity contribution is 4.91. The van der Waals surface area contributed by atoms with Gasteiger partial charge in [-0.1, -0.05) is 20.8 Å². The Labute approximate surface area is 95.6 Å². The lowest BCUT2D eigenvalue weighted by Crippen LogP contribution is -2.55. The van der Waals surface area contributed by atoms with Crippen LogP contribution in [0.4, 0.5) is 0 Å². The molecule has 1 aliphatic rings. The summed E-state index contributed by atoms with van der Waals surface area (Å²) in [5.41, 5.74) is 0. The molecule has 0 bridgehead atoms. The van der Waals surface area contributed by atoms with E-state index >= 15 is 0 Å². The third-order valence-electron chi connectivity index (χ3n) is 4.17. The fourth-order valence-electron chi connectivity index (χ4n) is 2.87. The molecule has 2 nitrogen and oxygen atoms in total. The third kappa shape index (κ3) is 2.94. The number of likely N-dealkylation sites (tertiary alicyclic amines) is 1. The standard InChI is InChI=1S/C13H28N2/c1-10(2)11(3)13-12(14(4)5)8-7-9-15(13)6/h10-13H,7-9H2,1-6H3. The fraction of sp³-hybridized carbons (Fsp3) is 1.00. The summed E-state index contributed by atoms with van der Waals surface area (Å²) in [6.45, 7) is 8.37. The van der Waals surface area contributed by atoms with Gasteiger partial charge < -0.3 is 9.80 Å². The molecule has 0 spiro atoms. The van der Waals surface area contributed by atoms with Crippen molar-refractivity contribution in [2.45, 2.75) is 45.7 Å². The first-order chi connectivity index (χ1) is 6.95. The van der Waals surface area contributed by atoms with Gasteiger partial charge in [-0.15, -0.1) is 0 Å². The Bertz CT molecular complexity index is 189. The Morgan fingerprint density at radius 3 is 2.27 bits per heavy atom. The van der Waals surface area contributed by atoms with Crippen LogP contribution in [0, 0.1) is 11.8 Å². The number of nitrogens with zero attached hydrogens (tertiary/aromatic N) is 2. The molecule has 1 saturated heterocycles. The molecule has 0 amide bonds. The van der Waals surface area contributed by atoms with E-state index in [1.54, 1.807) is 0 Å². The lowest BCUT2D eigenvalue weighted by atomic mass is 9.81. The number of hydrogen-bond donors (Lipinski definition) is 0. The van der Waals surface area contributed by atoms with Crippen molar-refractivity contribution in [2.75, 3.05) is 27.7 Å². The van der Waals surface area contributed by atoms with E-state index in [1.165, 1.54) is 19.4 Å². The van der Waals surface area contributed by atoms with E-state index < -0.39 is 0 Å². The second kappa shape index (κ2) is 5.31. The average Bonchev–Trinajstić information content (AvgIpc) is 2.16. The highest BCUT2D eigenvalue weighted by Gasteiger charge is 2.35. The molecule has 0 aromatic heterocycles. The first kappa shape index (κ1) is 13.0. The van der Waals surface area contributed by atoms with Crippen LogP contribution < -0.4 is 0 Å². The van der Waals surface area contributed by atoms with Crippen molar-refractivity contribution in [2.24, 2.45) is 11.8 Å². The van der Waals surface area contributed by atoms with Crippen LogP contribution in [0.2, 0.25) is 0 Å². The largest absolute Gasteiger partial charge is 0.305 e. The normalized spacial score (nSPS) is 31.2. The smallest absolute Gasteiger partial charge is 0.0276 e. The quantitative estimate of drug-likeness (QED) is 0.708. The van der Waals surface area contributed by atoms with Crippen molar-refractivity contribution in [1.29, 1.82) is 0 Å². The van der Waals surface area contributed by atoms with Crippen molar-refractivity contribution in [1.82, 2.24) is 9.80 Å². The molecule has 0 aromatic rings. The second-order valence-corrected chi connectivity index (χ2v) is 5.75. The van der Waals surface area contributed by atoms with Gasteiger partial charge in [-0.25, -0.2) is 0 Å². The highest BCUT2D eigenvalue weighted by atomic mass is 15.2. The zero-order chi connectivity index (χ0) is 11.6. The number of piperidine rings is 1. The van der Waals surface area contributed by atoms with E-state index in [9.17, 15) is 0 Å². The molecule has 0 aromatic carbocycles. The van der Waals surface area contributed by atoms with Crippen LogP contribution in [0.25, 0.3) is 0 Å². The molecule has 1 aliphatic heterocycles. The molecule has 1 heterocycles. The lowest BCUT2D eigenvalue weighted by molar-refractivity contribution is 0.0366. The van der Waals surface area contributed by atoms with E-state index in [0.717, 1.165) is 23.9 Å². The molecule has 2 heteroatoms. The summed E-state index contributed by atoms with van der Waals surface area (Å²) in [5, 5.41) is 0. The van der Waals surface area contributed by atoms with Crippen molar-refractivity contribution in [3.63, 3.8) is 0 Å². The summed E-state index contributed by atoms with van der Waals surface area (Å²) in [4.78, 5) is 4.98. The van der Waals surface area contributed by atoms with Gasteiger partial charge in [0.1, 0.15) is 0 Å². The van der Waals surface area contributed by atoms with Gasteiger partial charge in [-0.3, -0.25) is 0 Å². The van der Waals surface area contributed by atoms with Crippen molar-refractivity contribution in [3.05, 3.63) is 0 Å². The highest BCUT2D eigenvalue weighted by Crippen LogP contribution is 2.29. The first-order valence-electron chi connectivity index (χ1n) is 6.31. The minimum absolute atomic E-state index is 0.730. The van der Waals surface area contributed by atoms with Crippen molar-refractivity contribution < 1.29 is 0 Å². The third-order valence-corrected chi connectivity index (χ3v) is 4.17.